The Kier molecular flexibility index (Phi) is 1.44. The maximum absolute atomic E-state index is 4.13. The fourth-order valence-corrected chi connectivity index (χ4v) is 1.01. The molecule has 0 radical (unpaired) electrons. The van der Waals surface area contributed by atoms with Gasteiger partial charge in [-0.05, 0) is 12.2 Å². The first-order valence-corrected chi connectivity index (χ1v) is 3.51. The van der Waals surface area contributed by atoms with Crippen LogP contribution < -0.4 is 10.7 Å². The molecule has 0 atom stereocenters. The van der Waals surface area contributed by atoms with Gasteiger partial charge in [-0.2, -0.15) is 0 Å². The molecule has 1 heterocycles. The molecule has 1 aliphatic carbocycles. The van der Waals surface area contributed by atoms with Crippen LogP contribution in [0.3, 0.4) is 0 Å². The Morgan fingerprint density at radius 2 is 1.82 bits per heavy atom. The van der Waals surface area contributed by atoms with E-state index in [0.29, 0.717) is 0 Å². The molecule has 2 rings (SSSR count). The highest BCUT2D eigenvalue weighted by molar-refractivity contribution is 5.44. The highest BCUT2D eigenvalue weighted by Crippen LogP contribution is 1.81. The first-order valence-electron chi connectivity index (χ1n) is 3.51. The molecule has 54 valence electrons. The first kappa shape index (κ1) is 6.16. The summed E-state index contributed by atoms with van der Waals surface area (Å²) in [5.74, 6) is 0. The van der Waals surface area contributed by atoms with Crippen molar-refractivity contribution in [2.24, 2.45) is 0 Å². The predicted octanol–water partition coefficient (Wildman–Crippen LogP) is 0.0967. The van der Waals surface area contributed by atoms with Crippen molar-refractivity contribution >= 4 is 12.2 Å². The lowest BCUT2D eigenvalue weighted by molar-refractivity contribution is 1.29. The van der Waals surface area contributed by atoms with E-state index in [1.807, 2.05) is 36.5 Å². The zero-order valence-corrected chi connectivity index (χ0v) is 5.99. The van der Waals surface area contributed by atoms with E-state index in [4.69, 9.17) is 0 Å². The summed E-state index contributed by atoms with van der Waals surface area (Å²) in [6.45, 7) is 0. The van der Waals surface area contributed by atoms with Crippen LogP contribution in [0, 0.1) is 0 Å². The first-order chi connectivity index (χ1) is 5.47. The number of nitrogens with one attached hydrogen (secondary N) is 1. The number of fused-ring (bicyclic) bond motifs is 1. The third-order valence-electron chi connectivity index (χ3n) is 1.55. The summed E-state index contributed by atoms with van der Waals surface area (Å²) in [4.78, 5) is 7.17. The standard InChI is InChI=1S/C9H8N2/c1-2-4-6-9-8(5-3-1)10-7-11-9/h1-7H,(H,10,11)/b2-1?,3-1-,4-2-,5-3?,6-4?,8-5+,9-6+. The van der Waals surface area contributed by atoms with E-state index in [2.05, 4.69) is 9.97 Å². The molecule has 2 nitrogen and oxygen atoms in total. The minimum Gasteiger partial charge on any atom is -0.345 e. The number of H-pyrrole nitrogens is 1. The normalized spacial score (nSPS) is 26.2. The summed E-state index contributed by atoms with van der Waals surface area (Å²) < 4.78 is 0. The molecule has 1 aliphatic rings. The second-order valence-electron chi connectivity index (χ2n) is 2.30. The SMILES string of the molecule is C1=C\C=c2\nc[nH]\c2=C\C=C/1. The van der Waals surface area contributed by atoms with Crippen LogP contribution >= 0.6 is 0 Å². The van der Waals surface area contributed by atoms with Crippen molar-refractivity contribution in [2.45, 2.75) is 0 Å². The van der Waals surface area contributed by atoms with Crippen molar-refractivity contribution in [3.05, 3.63) is 41.3 Å². The Balaban J connectivity index is 2.80. The maximum atomic E-state index is 4.13. The van der Waals surface area contributed by atoms with E-state index in [0.717, 1.165) is 10.7 Å². The van der Waals surface area contributed by atoms with Gasteiger partial charge in [0.2, 0.25) is 0 Å². The summed E-state index contributed by atoms with van der Waals surface area (Å²) >= 11 is 0. The molecule has 1 aromatic heterocycles. The number of nitrogens with zero attached hydrogens (tertiary/aromatic N) is 1. The number of hydrogen-bond acceptors (Lipinski definition) is 1. The topological polar surface area (TPSA) is 28.7 Å². The van der Waals surface area contributed by atoms with Gasteiger partial charge in [-0.25, -0.2) is 4.98 Å². The molecule has 1 aromatic rings. The van der Waals surface area contributed by atoms with E-state index >= 15 is 0 Å². The van der Waals surface area contributed by atoms with E-state index < -0.39 is 0 Å². The average Bonchev–Trinajstić information content (AvgIpc) is 2.35. The summed E-state index contributed by atoms with van der Waals surface area (Å²) in [7, 11) is 0. The molecular weight excluding hydrogens is 136 g/mol. The van der Waals surface area contributed by atoms with Gasteiger partial charge in [0.1, 0.15) is 0 Å². The van der Waals surface area contributed by atoms with E-state index in [9.17, 15) is 0 Å². The maximum Gasteiger partial charge on any atom is 0.0931 e. The van der Waals surface area contributed by atoms with Crippen LogP contribution in [0.15, 0.2) is 30.6 Å². The Labute approximate surface area is 64.3 Å². The lowest BCUT2D eigenvalue weighted by Crippen LogP contribution is -2.23. The molecule has 11 heavy (non-hydrogen) atoms. The lowest BCUT2D eigenvalue weighted by atomic mass is 10.3. The van der Waals surface area contributed by atoms with Gasteiger partial charge < -0.3 is 4.98 Å². The molecule has 0 bridgehead atoms. The molecule has 0 saturated heterocycles. The molecule has 0 aromatic carbocycles. The van der Waals surface area contributed by atoms with Gasteiger partial charge in [0, 0.05) is 0 Å². The van der Waals surface area contributed by atoms with Crippen LogP contribution in [0.5, 0.6) is 0 Å². The van der Waals surface area contributed by atoms with E-state index in [1.165, 1.54) is 0 Å². The molecule has 0 unspecified atom stereocenters. The number of allylic oxidation sites excluding steroid dienone is 4. The largest absolute Gasteiger partial charge is 0.345 e. The number of aromatic nitrogens is 2. The van der Waals surface area contributed by atoms with Gasteiger partial charge in [0.25, 0.3) is 0 Å². The molecule has 0 aliphatic heterocycles. The van der Waals surface area contributed by atoms with Gasteiger partial charge in [0.15, 0.2) is 0 Å². The zero-order chi connectivity index (χ0) is 7.52. The van der Waals surface area contributed by atoms with Gasteiger partial charge in [-0.3, -0.25) is 0 Å². The number of hydrogen-bond donors (Lipinski definition) is 1. The Hall–Kier alpha value is -1.57. The third-order valence-corrected chi connectivity index (χ3v) is 1.55. The molecule has 0 fully saturated rings. The number of aromatic amines is 1. The summed E-state index contributed by atoms with van der Waals surface area (Å²) in [5, 5.41) is 2.05. The zero-order valence-electron chi connectivity index (χ0n) is 5.99. The van der Waals surface area contributed by atoms with Crippen LogP contribution in [-0.4, -0.2) is 9.97 Å². The van der Waals surface area contributed by atoms with Crippen molar-refractivity contribution in [3.63, 3.8) is 0 Å². The van der Waals surface area contributed by atoms with Crippen LogP contribution in [0.25, 0.3) is 12.2 Å². The van der Waals surface area contributed by atoms with Crippen LogP contribution in [-0.2, 0) is 0 Å². The minimum absolute atomic E-state index is 0.991. The molecular formula is C9H8N2. The molecule has 0 spiro atoms. The van der Waals surface area contributed by atoms with Crippen molar-refractivity contribution in [1.82, 2.24) is 9.97 Å². The monoisotopic (exact) mass is 144 g/mol. The van der Waals surface area contributed by atoms with Gasteiger partial charge in [-0.1, -0.05) is 24.3 Å². The Bertz CT molecular complexity index is 369. The molecule has 0 saturated carbocycles. The van der Waals surface area contributed by atoms with Crippen molar-refractivity contribution < 1.29 is 0 Å². The van der Waals surface area contributed by atoms with Crippen molar-refractivity contribution in [1.29, 1.82) is 0 Å². The van der Waals surface area contributed by atoms with E-state index in [-0.39, 0.29) is 0 Å². The molecule has 1 N–H and O–H groups in total. The highest BCUT2D eigenvalue weighted by atomic mass is 14.8. The van der Waals surface area contributed by atoms with Gasteiger partial charge in [-0.15, -0.1) is 0 Å². The number of imidazole rings is 1. The fraction of sp³-hybridized carbons (Fsp3) is 0. The second-order valence-corrected chi connectivity index (χ2v) is 2.30. The van der Waals surface area contributed by atoms with E-state index in [1.54, 1.807) is 6.33 Å². The molecule has 2 heteroatoms. The van der Waals surface area contributed by atoms with Crippen LogP contribution in [0.4, 0.5) is 0 Å². The minimum atomic E-state index is 0.991. The highest BCUT2D eigenvalue weighted by Gasteiger charge is 1.84. The summed E-state index contributed by atoms with van der Waals surface area (Å²) in [6.07, 6.45) is 13.6. The second kappa shape index (κ2) is 2.58. The lowest BCUT2D eigenvalue weighted by Gasteiger charge is -1.80. The third kappa shape index (κ3) is 1.15. The van der Waals surface area contributed by atoms with Crippen LogP contribution in [0.1, 0.15) is 0 Å². The average molecular weight is 144 g/mol. The fourth-order valence-electron chi connectivity index (χ4n) is 1.01. The van der Waals surface area contributed by atoms with Crippen LogP contribution in [0.2, 0.25) is 0 Å². The van der Waals surface area contributed by atoms with Gasteiger partial charge in [0.05, 0.1) is 17.0 Å². The number of rotatable bonds is 0. The Morgan fingerprint density at radius 3 is 2.73 bits per heavy atom. The Morgan fingerprint density at radius 1 is 1.00 bits per heavy atom. The van der Waals surface area contributed by atoms with Crippen molar-refractivity contribution in [3.8, 4) is 0 Å². The van der Waals surface area contributed by atoms with Gasteiger partial charge >= 0.3 is 0 Å². The smallest absolute Gasteiger partial charge is 0.0931 e. The predicted molar refractivity (Wildman–Crippen MR) is 45.0 cm³/mol. The quantitative estimate of drug-likeness (QED) is 0.549. The summed E-state index contributed by atoms with van der Waals surface area (Å²) in [5.41, 5.74) is 0. The summed E-state index contributed by atoms with van der Waals surface area (Å²) in [6, 6.07) is 0. The molecule has 0 amide bonds. The van der Waals surface area contributed by atoms with Crippen molar-refractivity contribution in [2.75, 3.05) is 0 Å².